The minimum Gasteiger partial charge on any atom is -0.462 e. The predicted molar refractivity (Wildman–Crippen MR) is 89.5 cm³/mol. The molecule has 1 aromatic carbocycles. The van der Waals surface area contributed by atoms with Crippen molar-refractivity contribution in [1.29, 1.82) is 0 Å². The standard InChI is InChI=1S/C17H17N5O2/c1-5-24-17(23)12-9-19-21(10-12)13-6-7-15-14(8-13)16(18-4)20-22(15)11(2)3/h6-11H,5H2,1-3H3. The van der Waals surface area contributed by atoms with Crippen molar-refractivity contribution in [2.24, 2.45) is 0 Å². The number of nitrogens with zero attached hydrogens (tertiary/aromatic N) is 5. The van der Waals surface area contributed by atoms with Crippen LogP contribution in [0.25, 0.3) is 21.4 Å². The molecular weight excluding hydrogens is 306 g/mol. The second kappa shape index (κ2) is 6.16. The van der Waals surface area contributed by atoms with E-state index in [9.17, 15) is 4.79 Å². The van der Waals surface area contributed by atoms with Gasteiger partial charge in [-0.25, -0.2) is 9.48 Å². The molecule has 0 unspecified atom stereocenters. The largest absolute Gasteiger partial charge is 0.462 e. The summed E-state index contributed by atoms with van der Waals surface area (Å²) in [7, 11) is 0. The van der Waals surface area contributed by atoms with Gasteiger partial charge in [0.1, 0.15) is 0 Å². The number of fused-ring (bicyclic) bond motifs is 1. The Balaban J connectivity index is 2.06. The lowest BCUT2D eigenvalue weighted by molar-refractivity contribution is 0.0526. The van der Waals surface area contributed by atoms with E-state index < -0.39 is 5.97 Å². The first-order valence-corrected chi connectivity index (χ1v) is 7.67. The van der Waals surface area contributed by atoms with Gasteiger partial charge in [0, 0.05) is 11.6 Å². The summed E-state index contributed by atoms with van der Waals surface area (Å²) in [5.74, 6) is -0.0439. The van der Waals surface area contributed by atoms with Crippen LogP contribution in [0.3, 0.4) is 0 Å². The lowest BCUT2D eigenvalue weighted by Gasteiger charge is -2.05. The van der Waals surface area contributed by atoms with Crippen LogP contribution in [0.2, 0.25) is 0 Å². The van der Waals surface area contributed by atoms with Gasteiger partial charge < -0.3 is 9.58 Å². The third-order valence-electron chi connectivity index (χ3n) is 3.62. The van der Waals surface area contributed by atoms with E-state index in [2.05, 4.69) is 15.0 Å². The van der Waals surface area contributed by atoms with Gasteiger partial charge in [-0.3, -0.25) is 0 Å². The van der Waals surface area contributed by atoms with Crippen LogP contribution < -0.4 is 0 Å². The smallest absolute Gasteiger partial charge is 0.341 e. The van der Waals surface area contributed by atoms with Gasteiger partial charge in [0.2, 0.25) is 0 Å². The van der Waals surface area contributed by atoms with Crippen LogP contribution in [-0.4, -0.2) is 32.1 Å². The summed E-state index contributed by atoms with van der Waals surface area (Å²) < 4.78 is 8.39. The van der Waals surface area contributed by atoms with Gasteiger partial charge in [0.25, 0.3) is 0 Å². The Morgan fingerprint density at radius 2 is 2.21 bits per heavy atom. The molecule has 2 heterocycles. The molecule has 0 spiro atoms. The van der Waals surface area contributed by atoms with Crippen molar-refractivity contribution in [2.75, 3.05) is 6.61 Å². The molecule has 122 valence electrons. The Kier molecular flexibility index (Phi) is 4.04. The Bertz CT molecular complexity index is 946. The molecule has 0 saturated carbocycles. The van der Waals surface area contributed by atoms with E-state index >= 15 is 0 Å². The van der Waals surface area contributed by atoms with Crippen molar-refractivity contribution < 1.29 is 9.53 Å². The van der Waals surface area contributed by atoms with Gasteiger partial charge in [-0.15, -0.1) is 0 Å². The van der Waals surface area contributed by atoms with Crippen molar-refractivity contribution in [3.63, 3.8) is 0 Å². The van der Waals surface area contributed by atoms with Crippen molar-refractivity contribution in [3.8, 4) is 5.69 Å². The Labute approximate surface area is 139 Å². The number of ether oxygens (including phenoxy) is 1. The lowest BCUT2D eigenvalue weighted by atomic mass is 10.2. The third kappa shape index (κ3) is 2.63. The first kappa shape index (κ1) is 15.7. The highest BCUT2D eigenvalue weighted by Crippen LogP contribution is 2.29. The van der Waals surface area contributed by atoms with Gasteiger partial charge in [-0.05, 0) is 44.1 Å². The number of benzene rings is 1. The van der Waals surface area contributed by atoms with Crippen LogP contribution in [0.5, 0.6) is 0 Å². The summed E-state index contributed by atoms with van der Waals surface area (Å²) in [6, 6.07) is 5.82. The van der Waals surface area contributed by atoms with Crippen LogP contribution in [0.15, 0.2) is 30.6 Å². The summed E-state index contributed by atoms with van der Waals surface area (Å²) in [4.78, 5) is 15.3. The number of rotatable bonds is 4. The van der Waals surface area contributed by atoms with E-state index in [1.807, 2.05) is 36.7 Å². The number of esters is 1. The van der Waals surface area contributed by atoms with Crippen LogP contribution in [0.1, 0.15) is 37.2 Å². The van der Waals surface area contributed by atoms with Gasteiger partial charge in [0.15, 0.2) is 0 Å². The zero-order chi connectivity index (χ0) is 17.3. The molecular formula is C17H17N5O2. The molecule has 24 heavy (non-hydrogen) atoms. The van der Waals surface area contributed by atoms with Crippen molar-refractivity contribution in [1.82, 2.24) is 19.6 Å². The highest BCUT2D eigenvalue weighted by molar-refractivity contribution is 5.92. The maximum atomic E-state index is 11.8. The molecule has 3 rings (SSSR count). The molecule has 0 aliphatic carbocycles. The van der Waals surface area contributed by atoms with Gasteiger partial charge in [0.05, 0.1) is 35.6 Å². The Hall–Kier alpha value is -3.14. The minimum atomic E-state index is -0.403. The van der Waals surface area contributed by atoms with Crippen LogP contribution in [-0.2, 0) is 4.74 Å². The molecule has 2 aromatic heterocycles. The van der Waals surface area contributed by atoms with E-state index in [0.29, 0.717) is 18.0 Å². The number of aromatic nitrogens is 4. The molecule has 0 saturated heterocycles. The summed E-state index contributed by atoms with van der Waals surface area (Å²) in [6.45, 7) is 13.4. The molecule has 0 radical (unpaired) electrons. The zero-order valence-electron chi connectivity index (χ0n) is 13.7. The number of carbonyl (C=O) groups is 1. The van der Waals surface area contributed by atoms with E-state index in [-0.39, 0.29) is 6.04 Å². The highest BCUT2D eigenvalue weighted by Gasteiger charge is 2.16. The first-order valence-electron chi connectivity index (χ1n) is 7.67. The van der Waals surface area contributed by atoms with Crippen molar-refractivity contribution >= 4 is 22.7 Å². The molecule has 0 N–H and O–H groups in total. The second-order valence-electron chi connectivity index (χ2n) is 5.57. The Morgan fingerprint density at radius 1 is 1.42 bits per heavy atom. The zero-order valence-corrected chi connectivity index (χ0v) is 13.7. The van der Waals surface area contributed by atoms with E-state index in [4.69, 9.17) is 11.3 Å². The molecule has 0 bridgehead atoms. The van der Waals surface area contributed by atoms with E-state index in [1.165, 1.54) is 6.20 Å². The fourth-order valence-electron chi connectivity index (χ4n) is 2.52. The van der Waals surface area contributed by atoms with Crippen molar-refractivity contribution in [3.05, 3.63) is 47.6 Å². The quantitative estimate of drug-likeness (QED) is 0.544. The van der Waals surface area contributed by atoms with Gasteiger partial charge >= 0.3 is 11.8 Å². The normalized spacial score (nSPS) is 11.0. The minimum absolute atomic E-state index is 0.161. The summed E-state index contributed by atoms with van der Waals surface area (Å²) in [5, 5.41) is 9.33. The van der Waals surface area contributed by atoms with Crippen LogP contribution in [0.4, 0.5) is 5.82 Å². The topological polar surface area (TPSA) is 66.3 Å². The SMILES string of the molecule is [C-]#[N+]c1nn(C(C)C)c2ccc(-n3cc(C(=O)OCC)cn3)cc12. The molecule has 7 heteroatoms. The monoisotopic (exact) mass is 323 g/mol. The van der Waals surface area contributed by atoms with E-state index in [1.54, 1.807) is 17.8 Å². The summed E-state index contributed by atoms with van der Waals surface area (Å²) in [6.07, 6.45) is 3.08. The maximum Gasteiger partial charge on any atom is 0.341 e. The molecule has 7 nitrogen and oxygen atoms in total. The maximum absolute atomic E-state index is 11.8. The average molecular weight is 323 g/mol. The molecule has 3 aromatic rings. The predicted octanol–water partition coefficient (Wildman–Crippen LogP) is 3.53. The average Bonchev–Trinajstić information content (AvgIpc) is 3.19. The summed E-state index contributed by atoms with van der Waals surface area (Å²) in [5.41, 5.74) is 2.05. The first-order chi connectivity index (χ1) is 11.5. The van der Waals surface area contributed by atoms with Crippen molar-refractivity contribution in [2.45, 2.75) is 26.8 Å². The number of carbonyl (C=O) groups excluding carboxylic acids is 1. The fraction of sp³-hybridized carbons (Fsp3) is 0.294. The van der Waals surface area contributed by atoms with Crippen LogP contribution in [0, 0.1) is 6.57 Å². The Morgan fingerprint density at radius 3 is 2.88 bits per heavy atom. The molecule has 0 aliphatic heterocycles. The lowest BCUT2D eigenvalue weighted by Crippen LogP contribution is -2.03. The second-order valence-corrected chi connectivity index (χ2v) is 5.57. The molecule has 0 aliphatic rings. The number of hydrogen-bond donors (Lipinski definition) is 0. The fourth-order valence-corrected chi connectivity index (χ4v) is 2.52. The molecule has 0 amide bonds. The summed E-state index contributed by atoms with van der Waals surface area (Å²) >= 11 is 0. The molecule has 0 atom stereocenters. The molecule has 0 fully saturated rings. The highest BCUT2D eigenvalue weighted by atomic mass is 16.5. The number of hydrogen-bond acceptors (Lipinski definition) is 4. The third-order valence-corrected chi connectivity index (χ3v) is 3.62. The van der Waals surface area contributed by atoms with Gasteiger partial charge in [-0.1, -0.05) is 6.57 Å². The van der Waals surface area contributed by atoms with E-state index in [0.717, 1.165) is 16.6 Å². The van der Waals surface area contributed by atoms with Gasteiger partial charge in [-0.2, -0.15) is 9.78 Å². The van der Waals surface area contributed by atoms with Crippen LogP contribution >= 0.6 is 0 Å².